The molecule has 2 aromatic rings. The van der Waals surface area contributed by atoms with Crippen molar-refractivity contribution in [2.24, 2.45) is 0 Å². The number of alkyl halides is 2. The number of ether oxygens (including phenoxy) is 1. The van der Waals surface area contributed by atoms with E-state index in [-0.39, 0.29) is 29.9 Å². The van der Waals surface area contributed by atoms with Crippen molar-refractivity contribution in [2.75, 3.05) is 20.6 Å². The van der Waals surface area contributed by atoms with E-state index in [0.29, 0.717) is 12.1 Å². The summed E-state index contributed by atoms with van der Waals surface area (Å²) in [6.07, 6.45) is 0.124. The Hall–Kier alpha value is -2.54. The van der Waals surface area contributed by atoms with E-state index in [1.165, 1.54) is 24.3 Å². The fourth-order valence-electron chi connectivity index (χ4n) is 2.53. The fraction of sp³-hybridized carbons (Fsp3) is 0.316. The van der Waals surface area contributed by atoms with Gasteiger partial charge in [-0.05, 0) is 49.5 Å². The van der Waals surface area contributed by atoms with Crippen molar-refractivity contribution in [3.05, 3.63) is 65.5 Å². The maximum Gasteiger partial charge on any atom is 0.387 e. The van der Waals surface area contributed by atoms with Gasteiger partial charge in [-0.3, -0.25) is 4.79 Å². The molecule has 7 heteroatoms. The van der Waals surface area contributed by atoms with E-state index >= 15 is 0 Å². The predicted octanol–water partition coefficient (Wildman–Crippen LogP) is 3.39. The van der Waals surface area contributed by atoms with Crippen LogP contribution in [0.5, 0.6) is 5.75 Å². The minimum absolute atomic E-state index is 0.0492. The number of nitrogens with zero attached hydrogens (tertiary/aromatic N) is 1. The first-order chi connectivity index (χ1) is 12.3. The van der Waals surface area contributed by atoms with Crippen LogP contribution in [0.25, 0.3) is 0 Å². The lowest BCUT2D eigenvalue weighted by molar-refractivity contribution is -0.120. The lowest BCUT2D eigenvalue weighted by atomic mass is 10.1. The Morgan fingerprint density at radius 1 is 1.08 bits per heavy atom. The SMILES string of the molecule is CN(C)C(CNC(=O)Cc1ccc(OC(F)F)cc1)c1ccc(F)cc1. The van der Waals surface area contributed by atoms with Gasteiger partial charge in [0.1, 0.15) is 11.6 Å². The first-order valence-corrected chi connectivity index (χ1v) is 8.07. The topological polar surface area (TPSA) is 41.6 Å². The van der Waals surface area contributed by atoms with E-state index in [9.17, 15) is 18.0 Å². The summed E-state index contributed by atoms with van der Waals surface area (Å²) >= 11 is 0. The summed E-state index contributed by atoms with van der Waals surface area (Å²) < 4.78 is 41.6. The van der Waals surface area contributed by atoms with Gasteiger partial charge in [-0.25, -0.2) is 4.39 Å². The predicted molar refractivity (Wildman–Crippen MR) is 92.6 cm³/mol. The first kappa shape index (κ1) is 19.8. The fourth-order valence-corrected chi connectivity index (χ4v) is 2.53. The molecule has 1 N–H and O–H groups in total. The zero-order valence-corrected chi connectivity index (χ0v) is 14.6. The number of rotatable bonds is 8. The summed E-state index contributed by atoms with van der Waals surface area (Å²) in [5.74, 6) is -0.454. The standard InChI is InChI=1S/C19H21F3N2O2/c1-24(2)17(14-5-7-15(20)8-6-14)12-23-18(25)11-13-3-9-16(10-4-13)26-19(21)22/h3-10,17,19H,11-12H2,1-2H3,(H,23,25). The molecule has 1 unspecified atom stereocenters. The van der Waals surface area contributed by atoms with Crippen LogP contribution in [0.15, 0.2) is 48.5 Å². The monoisotopic (exact) mass is 366 g/mol. The van der Waals surface area contributed by atoms with Crippen molar-refractivity contribution < 1.29 is 22.7 Å². The second-order valence-electron chi connectivity index (χ2n) is 6.03. The summed E-state index contributed by atoms with van der Waals surface area (Å²) in [7, 11) is 3.75. The van der Waals surface area contributed by atoms with Crippen molar-refractivity contribution in [1.29, 1.82) is 0 Å². The van der Waals surface area contributed by atoms with Gasteiger partial charge in [0.15, 0.2) is 0 Å². The maximum atomic E-state index is 13.1. The highest BCUT2D eigenvalue weighted by molar-refractivity contribution is 5.78. The van der Waals surface area contributed by atoms with E-state index in [4.69, 9.17) is 0 Å². The second-order valence-corrected chi connectivity index (χ2v) is 6.03. The van der Waals surface area contributed by atoms with Crippen LogP contribution in [0.1, 0.15) is 17.2 Å². The highest BCUT2D eigenvalue weighted by Gasteiger charge is 2.15. The molecule has 1 amide bonds. The summed E-state index contributed by atoms with van der Waals surface area (Å²) in [5, 5.41) is 2.85. The van der Waals surface area contributed by atoms with Crippen LogP contribution in [-0.4, -0.2) is 38.1 Å². The van der Waals surface area contributed by atoms with Gasteiger partial charge in [0.2, 0.25) is 5.91 Å². The summed E-state index contributed by atoms with van der Waals surface area (Å²) in [6.45, 7) is -2.51. The van der Waals surface area contributed by atoms with Crippen LogP contribution < -0.4 is 10.1 Å². The molecule has 0 radical (unpaired) electrons. The van der Waals surface area contributed by atoms with Crippen LogP contribution in [-0.2, 0) is 11.2 Å². The molecule has 0 aliphatic heterocycles. The Kier molecular flexibility index (Phi) is 7.03. The van der Waals surface area contributed by atoms with Crippen LogP contribution >= 0.6 is 0 Å². The third kappa shape index (κ3) is 6.07. The molecule has 0 bridgehead atoms. The van der Waals surface area contributed by atoms with E-state index < -0.39 is 6.61 Å². The highest BCUT2D eigenvalue weighted by atomic mass is 19.3. The van der Waals surface area contributed by atoms with Crippen molar-refractivity contribution in [3.8, 4) is 5.75 Å². The molecule has 0 fully saturated rings. The Bertz CT molecular complexity index is 704. The summed E-state index contributed by atoms with van der Waals surface area (Å²) in [4.78, 5) is 14.1. The lowest BCUT2D eigenvalue weighted by Crippen LogP contribution is -2.35. The van der Waals surface area contributed by atoms with Crippen molar-refractivity contribution in [2.45, 2.75) is 19.1 Å². The van der Waals surface area contributed by atoms with Crippen molar-refractivity contribution >= 4 is 5.91 Å². The molecule has 0 aliphatic rings. The average molecular weight is 366 g/mol. The Morgan fingerprint density at radius 3 is 2.23 bits per heavy atom. The largest absolute Gasteiger partial charge is 0.435 e. The molecular weight excluding hydrogens is 345 g/mol. The van der Waals surface area contributed by atoms with E-state index in [1.54, 1.807) is 24.3 Å². The van der Waals surface area contributed by atoms with Gasteiger partial charge >= 0.3 is 6.61 Å². The average Bonchev–Trinajstić information content (AvgIpc) is 2.57. The van der Waals surface area contributed by atoms with Crippen LogP contribution in [0.2, 0.25) is 0 Å². The number of hydrogen-bond acceptors (Lipinski definition) is 3. The molecule has 1 atom stereocenters. The summed E-state index contributed by atoms with van der Waals surface area (Å²) in [6, 6.07) is 12.0. The van der Waals surface area contributed by atoms with Gasteiger partial charge in [-0.2, -0.15) is 8.78 Å². The number of likely N-dealkylation sites (N-methyl/N-ethyl adjacent to an activating group) is 1. The molecule has 140 valence electrons. The molecule has 0 saturated carbocycles. The molecule has 0 aromatic heterocycles. The Morgan fingerprint density at radius 2 is 1.69 bits per heavy atom. The molecule has 0 saturated heterocycles. The zero-order chi connectivity index (χ0) is 19.1. The summed E-state index contributed by atoms with van der Waals surface area (Å²) in [5.41, 5.74) is 1.58. The molecule has 26 heavy (non-hydrogen) atoms. The van der Waals surface area contributed by atoms with E-state index in [0.717, 1.165) is 5.56 Å². The van der Waals surface area contributed by atoms with Crippen LogP contribution in [0.4, 0.5) is 13.2 Å². The smallest absolute Gasteiger partial charge is 0.387 e. The molecule has 0 heterocycles. The third-order valence-electron chi connectivity index (χ3n) is 3.88. The van der Waals surface area contributed by atoms with Gasteiger partial charge in [0, 0.05) is 6.54 Å². The number of carbonyl (C=O) groups excluding carboxylic acids is 1. The normalized spacial score (nSPS) is 12.3. The minimum Gasteiger partial charge on any atom is -0.435 e. The number of benzene rings is 2. The molecule has 2 rings (SSSR count). The van der Waals surface area contributed by atoms with E-state index in [2.05, 4.69) is 10.1 Å². The van der Waals surface area contributed by atoms with Gasteiger partial charge in [-0.15, -0.1) is 0 Å². The van der Waals surface area contributed by atoms with Gasteiger partial charge < -0.3 is 15.0 Å². The highest BCUT2D eigenvalue weighted by Crippen LogP contribution is 2.18. The van der Waals surface area contributed by atoms with Crippen LogP contribution in [0.3, 0.4) is 0 Å². The zero-order valence-electron chi connectivity index (χ0n) is 14.6. The second kappa shape index (κ2) is 9.24. The number of carbonyl (C=O) groups is 1. The molecule has 0 aliphatic carbocycles. The maximum absolute atomic E-state index is 13.1. The number of amides is 1. The molecule has 4 nitrogen and oxygen atoms in total. The number of hydrogen-bond donors (Lipinski definition) is 1. The third-order valence-corrected chi connectivity index (χ3v) is 3.88. The molecule has 2 aromatic carbocycles. The van der Waals surface area contributed by atoms with Crippen molar-refractivity contribution in [1.82, 2.24) is 10.2 Å². The van der Waals surface area contributed by atoms with Gasteiger partial charge in [-0.1, -0.05) is 24.3 Å². The molecule has 0 spiro atoms. The van der Waals surface area contributed by atoms with Gasteiger partial charge in [0.05, 0.1) is 12.5 Å². The number of nitrogens with one attached hydrogen (secondary N) is 1. The van der Waals surface area contributed by atoms with Crippen molar-refractivity contribution in [3.63, 3.8) is 0 Å². The number of halogens is 3. The van der Waals surface area contributed by atoms with Crippen LogP contribution in [0, 0.1) is 5.82 Å². The Labute approximate surface area is 150 Å². The van der Waals surface area contributed by atoms with Gasteiger partial charge in [0.25, 0.3) is 0 Å². The first-order valence-electron chi connectivity index (χ1n) is 8.07. The quantitative estimate of drug-likeness (QED) is 0.779. The van der Waals surface area contributed by atoms with E-state index in [1.807, 2.05) is 19.0 Å². The molecular formula is C19H21F3N2O2. The Balaban J connectivity index is 1.90. The lowest BCUT2D eigenvalue weighted by Gasteiger charge is -2.25. The minimum atomic E-state index is -2.88.